The van der Waals surface area contributed by atoms with Crippen molar-refractivity contribution in [1.82, 2.24) is 14.5 Å². The lowest BCUT2D eigenvalue weighted by atomic mass is 10.1. The van der Waals surface area contributed by atoms with Gasteiger partial charge in [-0.2, -0.15) is 0 Å². The Bertz CT molecular complexity index is 1030. The number of carbonyl (C=O) groups is 1. The van der Waals surface area contributed by atoms with E-state index in [1.54, 1.807) is 30.2 Å². The molecule has 0 aliphatic carbocycles. The zero-order valence-corrected chi connectivity index (χ0v) is 20.4. The maximum atomic E-state index is 12.5. The van der Waals surface area contributed by atoms with Crippen molar-refractivity contribution >= 4 is 15.9 Å². The van der Waals surface area contributed by atoms with E-state index >= 15 is 0 Å². The van der Waals surface area contributed by atoms with Crippen LogP contribution in [0, 0.1) is 13.8 Å². The van der Waals surface area contributed by atoms with E-state index in [1.807, 2.05) is 38.1 Å². The Morgan fingerprint density at radius 1 is 0.970 bits per heavy atom. The fourth-order valence-corrected chi connectivity index (χ4v) is 4.72. The third-order valence-electron chi connectivity index (χ3n) is 5.88. The van der Waals surface area contributed by atoms with Crippen LogP contribution in [0.4, 0.5) is 0 Å². The van der Waals surface area contributed by atoms with Crippen molar-refractivity contribution in [3.05, 3.63) is 53.6 Å². The van der Waals surface area contributed by atoms with Gasteiger partial charge >= 0.3 is 0 Å². The smallest absolute Gasteiger partial charge is 0.240 e. The number of aryl methyl sites for hydroxylation is 2. The molecule has 0 radical (unpaired) electrons. The highest BCUT2D eigenvalue weighted by molar-refractivity contribution is 7.89. The Morgan fingerprint density at radius 3 is 2.27 bits per heavy atom. The van der Waals surface area contributed by atoms with Gasteiger partial charge in [0, 0.05) is 45.7 Å². The van der Waals surface area contributed by atoms with Gasteiger partial charge in [-0.3, -0.25) is 9.69 Å². The second-order valence-electron chi connectivity index (χ2n) is 8.14. The van der Waals surface area contributed by atoms with Gasteiger partial charge in [0.15, 0.2) is 0 Å². The van der Waals surface area contributed by atoms with Crippen LogP contribution in [0.25, 0.3) is 0 Å². The molecule has 33 heavy (non-hydrogen) atoms. The quantitative estimate of drug-likeness (QED) is 0.567. The van der Waals surface area contributed by atoms with Gasteiger partial charge in [-0.05, 0) is 61.4 Å². The standard InChI is InChI=1S/C24H33N3O5S/c1-19-4-9-23(18-20(19)2)33(29,30)25-11-10-24(28)27-14-12-26(13-15-27)16-17-32-22-7-5-21(31-3)6-8-22/h4-9,18,25H,10-17H2,1-3H3. The second kappa shape index (κ2) is 11.5. The van der Waals surface area contributed by atoms with Gasteiger partial charge in [-0.25, -0.2) is 13.1 Å². The third kappa shape index (κ3) is 7.18. The highest BCUT2D eigenvalue weighted by atomic mass is 32.2. The summed E-state index contributed by atoms with van der Waals surface area (Å²) in [7, 11) is -1.99. The molecule has 0 saturated carbocycles. The molecule has 2 aromatic carbocycles. The molecule has 0 spiro atoms. The molecule has 1 aliphatic rings. The fraction of sp³-hybridized carbons (Fsp3) is 0.458. The molecule has 0 unspecified atom stereocenters. The highest BCUT2D eigenvalue weighted by Gasteiger charge is 2.22. The Hall–Kier alpha value is -2.62. The molecular weight excluding hydrogens is 442 g/mol. The molecule has 3 rings (SSSR count). The van der Waals surface area contributed by atoms with E-state index in [9.17, 15) is 13.2 Å². The first kappa shape index (κ1) is 25.0. The van der Waals surface area contributed by atoms with Crippen molar-refractivity contribution in [2.75, 3.05) is 53.0 Å². The number of amides is 1. The van der Waals surface area contributed by atoms with E-state index in [-0.39, 0.29) is 23.8 Å². The molecule has 180 valence electrons. The summed E-state index contributed by atoms with van der Waals surface area (Å²) < 4.78 is 38.4. The number of ether oxygens (including phenoxy) is 2. The van der Waals surface area contributed by atoms with Crippen LogP contribution in [0.2, 0.25) is 0 Å². The van der Waals surface area contributed by atoms with Gasteiger partial charge in [0.05, 0.1) is 12.0 Å². The SMILES string of the molecule is COc1ccc(OCCN2CCN(C(=O)CCNS(=O)(=O)c3ccc(C)c(C)c3)CC2)cc1. The van der Waals surface area contributed by atoms with E-state index in [4.69, 9.17) is 9.47 Å². The monoisotopic (exact) mass is 475 g/mol. The maximum absolute atomic E-state index is 12.5. The molecule has 1 amide bonds. The fourth-order valence-electron chi connectivity index (χ4n) is 3.60. The van der Waals surface area contributed by atoms with Gasteiger partial charge in [-0.15, -0.1) is 0 Å². The first-order valence-corrected chi connectivity index (χ1v) is 12.6. The van der Waals surface area contributed by atoms with Crippen molar-refractivity contribution in [3.8, 4) is 11.5 Å². The second-order valence-corrected chi connectivity index (χ2v) is 9.91. The summed E-state index contributed by atoms with van der Waals surface area (Å²) in [6.45, 7) is 8.05. The van der Waals surface area contributed by atoms with Gasteiger partial charge in [-0.1, -0.05) is 6.07 Å². The number of nitrogens with one attached hydrogen (secondary N) is 1. The van der Waals surface area contributed by atoms with Crippen LogP contribution in [0.1, 0.15) is 17.5 Å². The number of hydrogen-bond donors (Lipinski definition) is 1. The number of benzene rings is 2. The van der Waals surface area contributed by atoms with Gasteiger partial charge in [0.25, 0.3) is 0 Å². The van der Waals surface area contributed by atoms with E-state index in [0.29, 0.717) is 19.7 Å². The van der Waals surface area contributed by atoms with Crippen LogP contribution in [-0.4, -0.2) is 77.1 Å². The Balaban J connectivity index is 1.35. The molecule has 0 atom stereocenters. The lowest BCUT2D eigenvalue weighted by Gasteiger charge is -2.34. The molecule has 8 nitrogen and oxygen atoms in total. The van der Waals surface area contributed by atoms with Crippen molar-refractivity contribution in [2.24, 2.45) is 0 Å². The molecule has 1 aliphatic heterocycles. The molecular formula is C24H33N3O5S. The molecule has 9 heteroatoms. The van der Waals surface area contributed by atoms with Crippen molar-refractivity contribution < 1.29 is 22.7 Å². The van der Waals surface area contributed by atoms with Gasteiger partial charge < -0.3 is 14.4 Å². The topological polar surface area (TPSA) is 88.2 Å². The van der Waals surface area contributed by atoms with Crippen molar-refractivity contribution in [2.45, 2.75) is 25.2 Å². The number of rotatable bonds is 10. The zero-order chi connectivity index (χ0) is 23.8. The van der Waals surface area contributed by atoms with Crippen LogP contribution in [0.15, 0.2) is 47.4 Å². The normalized spacial score (nSPS) is 14.8. The summed E-state index contributed by atoms with van der Waals surface area (Å²) in [6, 6.07) is 12.5. The zero-order valence-electron chi connectivity index (χ0n) is 19.5. The summed E-state index contributed by atoms with van der Waals surface area (Å²) in [5.41, 5.74) is 1.96. The number of hydrogen-bond acceptors (Lipinski definition) is 6. The first-order chi connectivity index (χ1) is 15.8. The highest BCUT2D eigenvalue weighted by Crippen LogP contribution is 2.17. The van der Waals surface area contributed by atoms with E-state index in [0.717, 1.165) is 42.3 Å². The molecule has 1 heterocycles. The maximum Gasteiger partial charge on any atom is 0.240 e. The van der Waals surface area contributed by atoms with E-state index in [1.165, 1.54) is 0 Å². The summed E-state index contributed by atoms with van der Waals surface area (Å²) in [5.74, 6) is 1.56. The molecule has 1 fully saturated rings. The van der Waals surface area contributed by atoms with Crippen molar-refractivity contribution in [1.29, 1.82) is 0 Å². The van der Waals surface area contributed by atoms with Crippen LogP contribution in [-0.2, 0) is 14.8 Å². The largest absolute Gasteiger partial charge is 0.497 e. The summed E-state index contributed by atoms with van der Waals surface area (Å²) in [5, 5.41) is 0. The summed E-state index contributed by atoms with van der Waals surface area (Å²) in [4.78, 5) is 16.8. The van der Waals surface area contributed by atoms with E-state index in [2.05, 4.69) is 9.62 Å². The lowest BCUT2D eigenvalue weighted by molar-refractivity contribution is -0.132. The van der Waals surface area contributed by atoms with Crippen LogP contribution < -0.4 is 14.2 Å². The van der Waals surface area contributed by atoms with Crippen molar-refractivity contribution in [3.63, 3.8) is 0 Å². The number of piperazine rings is 1. The molecule has 2 aromatic rings. The minimum Gasteiger partial charge on any atom is -0.497 e. The van der Waals surface area contributed by atoms with Gasteiger partial charge in [0.2, 0.25) is 15.9 Å². The number of sulfonamides is 1. The molecule has 0 aromatic heterocycles. The molecule has 1 N–H and O–H groups in total. The third-order valence-corrected chi connectivity index (χ3v) is 7.34. The summed E-state index contributed by atoms with van der Waals surface area (Å²) in [6.07, 6.45) is 0.144. The average molecular weight is 476 g/mol. The van der Waals surface area contributed by atoms with Gasteiger partial charge in [0.1, 0.15) is 18.1 Å². The van der Waals surface area contributed by atoms with Crippen LogP contribution in [0.3, 0.4) is 0 Å². The first-order valence-electron chi connectivity index (χ1n) is 11.1. The lowest BCUT2D eigenvalue weighted by Crippen LogP contribution is -2.50. The number of nitrogens with zero attached hydrogens (tertiary/aromatic N) is 2. The minimum atomic E-state index is -3.62. The predicted molar refractivity (Wildman–Crippen MR) is 127 cm³/mol. The average Bonchev–Trinajstić information content (AvgIpc) is 2.81. The summed E-state index contributed by atoms with van der Waals surface area (Å²) >= 11 is 0. The predicted octanol–water partition coefficient (Wildman–Crippen LogP) is 2.20. The number of methoxy groups -OCH3 is 1. The Labute approximate surface area is 196 Å². The van der Waals surface area contributed by atoms with E-state index < -0.39 is 10.0 Å². The Morgan fingerprint density at radius 2 is 1.64 bits per heavy atom. The number of carbonyl (C=O) groups excluding carboxylic acids is 1. The Kier molecular flexibility index (Phi) is 8.71. The molecule has 1 saturated heterocycles. The minimum absolute atomic E-state index is 0.0353. The molecule has 0 bridgehead atoms. The van der Waals surface area contributed by atoms with Crippen LogP contribution >= 0.6 is 0 Å². The van der Waals surface area contributed by atoms with Crippen LogP contribution in [0.5, 0.6) is 11.5 Å².